The Hall–Kier alpha value is -2.40. The molecule has 146 valence electrons. The van der Waals surface area contributed by atoms with Crippen LogP contribution in [0, 0.1) is 11.3 Å². The molecule has 1 fully saturated rings. The SMILES string of the molecule is CCOC(=O)C1(C(=O)OCC)C(/C=C/c2ccccc2)C1c1ccccc1Br. The number of allylic oxidation sites excluding steroid dienone is 1. The van der Waals surface area contributed by atoms with E-state index in [-0.39, 0.29) is 25.0 Å². The number of hydrogen-bond acceptors (Lipinski definition) is 4. The van der Waals surface area contributed by atoms with Crippen LogP contribution in [0.25, 0.3) is 6.08 Å². The molecule has 0 radical (unpaired) electrons. The van der Waals surface area contributed by atoms with Crippen LogP contribution in [0.4, 0.5) is 0 Å². The maximum absolute atomic E-state index is 13.0. The van der Waals surface area contributed by atoms with Crippen LogP contribution in [-0.4, -0.2) is 25.2 Å². The maximum Gasteiger partial charge on any atom is 0.324 e. The highest BCUT2D eigenvalue weighted by atomic mass is 79.9. The summed E-state index contributed by atoms with van der Waals surface area (Å²) in [4.78, 5) is 26.0. The molecular formula is C23H23BrO4. The minimum Gasteiger partial charge on any atom is -0.465 e. The molecule has 0 bridgehead atoms. The van der Waals surface area contributed by atoms with Gasteiger partial charge in [0.05, 0.1) is 13.2 Å². The van der Waals surface area contributed by atoms with Crippen LogP contribution in [0.1, 0.15) is 30.9 Å². The highest BCUT2D eigenvalue weighted by molar-refractivity contribution is 9.10. The minimum atomic E-state index is -1.36. The van der Waals surface area contributed by atoms with Gasteiger partial charge in [-0.05, 0) is 31.0 Å². The van der Waals surface area contributed by atoms with Crippen molar-refractivity contribution in [2.24, 2.45) is 11.3 Å². The number of hydrogen-bond donors (Lipinski definition) is 0. The summed E-state index contributed by atoms with van der Waals surface area (Å²) >= 11 is 3.56. The highest BCUT2D eigenvalue weighted by Gasteiger charge is 2.76. The monoisotopic (exact) mass is 442 g/mol. The third-order valence-corrected chi connectivity index (χ3v) is 5.75. The Morgan fingerprint density at radius 2 is 1.54 bits per heavy atom. The van der Waals surface area contributed by atoms with Crippen LogP contribution in [0.3, 0.4) is 0 Å². The molecule has 0 aliphatic heterocycles. The maximum atomic E-state index is 13.0. The zero-order valence-electron chi connectivity index (χ0n) is 15.9. The first-order chi connectivity index (χ1) is 13.6. The number of benzene rings is 2. The average molecular weight is 443 g/mol. The van der Waals surface area contributed by atoms with Gasteiger partial charge in [0.15, 0.2) is 5.41 Å². The second-order valence-corrected chi connectivity index (χ2v) is 7.46. The fraction of sp³-hybridized carbons (Fsp3) is 0.304. The Morgan fingerprint density at radius 3 is 2.11 bits per heavy atom. The summed E-state index contributed by atoms with van der Waals surface area (Å²) in [5.74, 6) is -1.75. The molecule has 0 spiro atoms. The van der Waals surface area contributed by atoms with Crippen molar-refractivity contribution in [3.8, 4) is 0 Å². The Balaban J connectivity index is 2.06. The Kier molecular flexibility index (Phi) is 6.35. The molecule has 3 rings (SSSR count). The van der Waals surface area contributed by atoms with Gasteiger partial charge in [-0.2, -0.15) is 0 Å². The summed E-state index contributed by atoms with van der Waals surface area (Å²) in [6.45, 7) is 3.89. The zero-order chi connectivity index (χ0) is 20.1. The first-order valence-corrected chi connectivity index (χ1v) is 10.2. The molecule has 0 aromatic heterocycles. The van der Waals surface area contributed by atoms with Gasteiger partial charge in [0.1, 0.15) is 0 Å². The second kappa shape index (κ2) is 8.74. The molecule has 2 unspecified atom stereocenters. The van der Waals surface area contributed by atoms with Crippen LogP contribution in [0.15, 0.2) is 65.1 Å². The smallest absolute Gasteiger partial charge is 0.324 e. The molecule has 1 saturated carbocycles. The highest BCUT2D eigenvalue weighted by Crippen LogP contribution is 2.68. The van der Waals surface area contributed by atoms with Gasteiger partial charge in [-0.15, -0.1) is 0 Å². The van der Waals surface area contributed by atoms with Gasteiger partial charge in [-0.1, -0.05) is 76.6 Å². The fourth-order valence-electron chi connectivity index (χ4n) is 3.73. The van der Waals surface area contributed by atoms with Crippen molar-refractivity contribution in [2.75, 3.05) is 13.2 Å². The average Bonchev–Trinajstić information content (AvgIpc) is 3.37. The molecule has 0 amide bonds. The van der Waals surface area contributed by atoms with Crippen LogP contribution < -0.4 is 0 Å². The second-order valence-electron chi connectivity index (χ2n) is 6.60. The van der Waals surface area contributed by atoms with Gasteiger partial charge >= 0.3 is 11.9 Å². The predicted molar refractivity (Wildman–Crippen MR) is 112 cm³/mol. The van der Waals surface area contributed by atoms with Crippen molar-refractivity contribution in [1.82, 2.24) is 0 Å². The molecule has 2 atom stereocenters. The standard InChI is InChI=1S/C23H23BrO4/c1-3-27-21(25)23(22(26)28-4-2)18(15-14-16-10-6-5-7-11-16)20(23)17-12-8-9-13-19(17)24/h5-15,18,20H,3-4H2,1-2H3/b15-14+. The molecule has 2 aromatic rings. The Labute approximate surface area is 173 Å². The minimum absolute atomic E-state index is 0.206. The van der Waals surface area contributed by atoms with E-state index in [4.69, 9.17) is 9.47 Å². The van der Waals surface area contributed by atoms with E-state index >= 15 is 0 Å². The van der Waals surface area contributed by atoms with Gasteiger partial charge in [-0.3, -0.25) is 9.59 Å². The number of rotatable bonds is 7. The largest absolute Gasteiger partial charge is 0.465 e. The van der Waals surface area contributed by atoms with E-state index < -0.39 is 17.4 Å². The van der Waals surface area contributed by atoms with Crippen LogP contribution in [0.2, 0.25) is 0 Å². The number of ether oxygens (including phenoxy) is 2. The van der Waals surface area contributed by atoms with Gasteiger partial charge in [-0.25, -0.2) is 0 Å². The number of carbonyl (C=O) groups excluding carboxylic acids is 2. The predicted octanol–water partition coefficient (Wildman–Crippen LogP) is 4.99. The quantitative estimate of drug-likeness (QED) is 0.447. The summed E-state index contributed by atoms with van der Waals surface area (Å²) in [5, 5.41) is 0. The van der Waals surface area contributed by atoms with Crippen LogP contribution in [-0.2, 0) is 19.1 Å². The molecule has 1 aliphatic rings. The molecule has 5 heteroatoms. The summed E-state index contributed by atoms with van der Waals surface area (Å²) in [6.07, 6.45) is 3.86. The van der Waals surface area contributed by atoms with E-state index in [1.54, 1.807) is 13.8 Å². The van der Waals surface area contributed by atoms with Crippen molar-refractivity contribution < 1.29 is 19.1 Å². The van der Waals surface area contributed by atoms with Crippen molar-refractivity contribution >= 4 is 33.9 Å². The summed E-state index contributed by atoms with van der Waals surface area (Å²) in [7, 11) is 0. The van der Waals surface area contributed by atoms with E-state index in [0.29, 0.717) is 0 Å². The lowest BCUT2D eigenvalue weighted by atomic mass is 9.98. The molecular weight excluding hydrogens is 420 g/mol. The summed E-state index contributed by atoms with van der Waals surface area (Å²) in [5.41, 5.74) is 0.537. The first-order valence-electron chi connectivity index (χ1n) is 9.39. The number of esters is 2. The van der Waals surface area contributed by atoms with E-state index in [0.717, 1.165) is 15.6 Å². The number of halogens is 1. The van der Waals surface area contributed by atoms with Crippen molar-refractivity contribution in [3.05, 3.63) is 76.3 Å². The van der Waals surface area contributed by atoms with Gasteiger partial charge in [0.2, 0.25) is 0 Å². The normalized spacial score (nSPS) is 20.0. The lowest BCUT2D eigenvalue weighted by molar-refractivity contribution is -0.165. The Bertz CT molecular complexity index is 857. The fourth-order valence-corrected chi connectivity index (χ4v) is 4.26. The summed E-state index contributed by atoms with van der Waals surface area (Å²) in [6, 6.07) is 17.4. The van der Waals surface area contributed by atoms with Crippen molar-refractivity contribution in [2.45, 2.75) is 19.8 Å². The molecule has 4 nitrogen and oxygen atoms in total. The summed E-state index contributed by atoms with van der Waals surface area (Å²) < 4.78 is 11.5. The van der Waals surface area contributed by atoms with E-state index in [1.165, 1.54) is 0 Å². The molecule has 1 aliphatic carbocycles. The third kappa shape index (κ3) is 3.63. The topological polar surface area (TPSA) is 52.6 Å². The van der Waals surface area contributed by atoms with Crippen LogP contribution >= 0.6 is 15.9 Å². The third-order valence-electron chi connectivity index (χ3n) is 5.03. The zero-order valence-corrected chi connectivity index (χ0v) is 17.5. The molecule has 0 saturated heterocycles. The van der Waals surface area contributed by atoms with E-state index in [9.17, 15) is 9.59 Å². The van der Waals surface area contributed by atoms with Crippen molar-refractivity contribution in [3.63, 3.8) is 0 Å². The lowest BCUT2D eigenvalue weighted by Crippen LogP contribution is -2.33. The lowest BCUT2D eigenvalue weighted by Gasteiger charge is -2.15. The van der Waals surface area contributed by atoms with E-state index in [1.807, 2.05) is 66.7 Å². The van der Waals surface area contributed by atoms with E-state index in [2.05, 4.69) is 15.9 Å². The molecule has 2 aromatic carbocycles. The molecule has 28 heavy (non-hydrogen) atoms. The van der Waals surface area contributed by atoms with Gasteiger partial charge < -0.3 is 9.47 Å². The molecule has 0 heterocycles. The number of carbonyl (C=O) groups is 2. The van der Waals surface area contributed by atoms with Gasteiger partial charge in [0.25, 0.3) is 0 Å². The molecule has 0 N–H and O–H groups in total. The van der Waals surface area contributed by atoms with Gasteiger partial charge in [0, 0.05) is 16.3 Å². The van der Waals surface area contributed by atoms with Crippen molar-refractivity contribution in [1.29, 1.82) is 0 Å². The Morgan fingerprint density at radius 1 is 0.964 bits per heavy atom. The first kappa shape index (κ1) is 20.3. The van der Waals surface area contributed by atoms with Crippen LogP contribution in [0.5, 0.6) is 0 Å².